The molecule has 91 heavy (non-hydrogen) atoms. The first-order valence-electron chi connectivity index (χ1n) is 49.8. The molecule has 1 atom stereocenters. The third kappa shape index (κ3) is 26.7. The molecule has 6 nitrogen and oxygen atoms in total. The molecule has 0 aliphatic carbocycles. The van der Waals surface area contributed by atoms with Crippen LogP contribution in [0.15, 0.2) is 267 Å². The molecule has 0 saturated heterocycles. The van der Waals surface area contributed by atoms with Gasteiger partial charge in [-0.3, -0.25) is 0 Å². The maximum absolute atomic E-state index is 8.37. The maximum Gasteiger partial charge on any atom is 0 e. The van der Waals surface area contributed by atoms with Crippen molar-refractivity contribution in [3.63, 3.8) is 0 Å². The van der Waals surface area contributed by atoms with E-state index in [9.17, 15) is 0 Å². The van der Waals surface area contributed by atoms with Crippen LogP contribution in [0.4, 0.5) is 0 Å². The minimum atomic E-state index is -5.06. The van der Waals surface area contributed by atoms with E-state index in [0.29, 0.717) is 0 Å². The van der Waals surface area contributed by atoms with E-state index in [-0.39, 0.29) is 143 Å². The predicted octanol–water partition coefficient (Wildman–Crippen LogP) is 18.1. The minimum Gasteiger partial charge on any atom is 0 e. The summed E-state index contributed by atoms with van der Waals surface area (Å²) in [6, 6.07) is 18.2. The summed E-state index contributed by atoms with van der Waals surface area (Å²) in [4.78, 5) is 23.8. The zero-order valence-electron chi connectivity index (χ0n) is 96.8. The number of aromatic nitrogens is 6. The van der Waals surface area contributed by atoms with Crippen LogP contribution in [0.1, 0.15) is 85.1 Å². The van der Waals surface area contributed by atoms with Gasteiger partial charge in [0.1, 0.15) is 0 Å². The summed E-state index contributed by atoms with van der Waals surface area (Å²) in [7, 11) is 0. The Hall–Kier alpha value is -6.20. The van der Waals surface area contributed by atoms with Gasteiger partial charge in [-0.2, -0.15) is 0 Å². The molecule has 12 aromatic rings. The molecule has 1 unspecified atom stereocenters. The van der Waals surface area contributed by atoms with Crippen LogP contribution in [0.2, 0.25) is 51.5 Å². The molecule has 0 aliphatic rings. The number of hydrogen-bond donors (Lipinski definition) is 0. The fourth-order valence-corrected chi connectivity index (χ4v) is 12.9. The first kappa shape index (κ1) is 32.3. The Labute approximate surface area is 659 Å². The van der Waals surface area contributed by atoms with Gasteiger partial charge in [0.05, 0.1) is 16.4 Å². The fourth-order valence-electron chi connectivity index (χ4n) is 6.81. The molecular weight excluding hydrogens is 1830 g/mol. The van der Waals surface area contributed by atoms with E-state index in [1.165, 1.54) is 40.3 Å². The van der Waals surface area contributed by atoms with Crippen LogP contribution in [-0.4, -0.2) is 69.7 Å². The summed E-state index contributed by atoms with van der Waals surface area (Å²) in [5, 5.41) is 0. The largest absolute Gasteiger partial charge is 0 e. The fraction of sp³-hybridized carbons (Fsp3) is 0.165. The molecule has 0 bridgehead atoms. The molecule has 6 aromatic carbocycles. The van der Waals surface area contributed by atoms with E-state index >= 15 is 0 Å². The minimum absolute atomic E-state index is 0. The van der Waals surface area contributed by atoms with Crippen LogP contribution in [0.25, 0.3) is 67.5 Å². The quantitative estimate of drug-likeness (QED) is 0.0949. The van der Waals surface area contributed by atoms with Crippen molar-refractivity contribution < 1.29 is 126 Å². The van der Waals surface area contributed by atoms with E-state index in [0.717, 1.165) is 24.4 Å². The standard InChI is InChI=1S/C18H24GeN.2C14H16GeN.3C11H8N.3Ir/c1-14(2)11-16-12-18(15-9-7-6-8-10-15)20-13-17(16)19(3,4)5;2*1-15(2,3)13-9-10-14(16-11-13)12-7-5-4-6-8-12;3*1-2-6-10(7-3-1)11-8-4-5-9-12-11;;;/h6-9,12-14H,11H2,1-5H3;2*4-7,9-11H,1-3H3;3*1-6,8-9H;;;/q6*-1;;;/i1D3,3D3,4D3,6D,7D,8D,9D,14D;1D3,2D3,4D,5D,6D,7D;;3*1D,2D,3D,4D,5D,6D,8D,9D;;;. The van der Waals surface area contributed by atoms with Gasteiger partial charge in [0, 0.05) is 87.1 Å². The Balaban J connectivity index is 0.000000352. The molecule has 0 aliphatic heterocycles. The Morgan fingerprint density at radius 1 is 0.396 bits per heavy atom. The van der Waals surface area contributed by atoms with Gasteiger partial charge in [-0.25, -0.2) is 0 Å². The van der Waals surface area contributed by atoms with Crippen molar-refractivity contribution in [3.05, 3.63) is 309 Å². The zero-order valence-corrected chi connectivity index (χ0v) is 62.3. The second kappa shape index (κ2) is 40.0. The van der Waals surface area contributed by atoms with Crippen molar-refractivity contribution in [3.8, 4) is 67.5 Å². The molecule has 0 N–H and O–H groups in total. The molecule has 6 aromatic heterocycles. The van der Waals surface area contributed by atoms with E-state index in [2.05, 4.69) is 95.7 Å². The van der Waals surface area contributed by atoms with Crippen molar-refractivity contribution in [1.82, 2.24) is 29.9 Å². The number of hydrogen-bond acceptors (Lipinski definition) is 6. The normalized spacial score (nSPS) is 19.3. The van der Waals surface area contributed by atoms with Gasteiger partial charge in [-0.05, 0) is 43.4 Å². The van der Waals surface area contributed by atoms with Crippen LogP contribution < -0.4 is 13.2 Å². The Morgan fingerprint density at radius 3 is 1.15 bits per heavy atom. The first-order chi connectivity index (χ1) is 62.1. The summed E-state index contributed by atoms with van der Waals surface area (Å²) in [5.41, 5.74) is -10.2. The van der Waals surface area contributed by atoms with E-state index in [4.69, 9.17) is 65.8 Å². The predicted molar refractivity (Wildman–Crippen MR) is 379 cm³/mol. The summed E-state index contributed by atoms with van der Waals surface area (Å²) in [5.74, 6) is 7.55. The van der Waals surface area contributed by atoms with Crippen molar-refractivity contribution in [2.24, 2.45) is 5.89 Å². The third-order valence-corrected chi connectivity index (χ3v) is 21.6. The first-order valence-corrected chi connectivity index (χ1v) is 43.7. The molecular formula is C79H80Ge3Ir3N6-6. The van der Waals surface area contributed by atoms with Crippen LogP contribution in [0.5, 0.6) is 0 Å². The van der Waals surface area contributed by atoms with Gasteiger partial charge in [0.2, 0.25) is 0 Å². The monoisotopic (exact) mass is 1960 g/mol. The Morgan fingerprint density at radius 2 is 0.780 bits per heavy atom. The smallest absolute Gasteiger partial charge is 0 e. The van der Waals surface area contributed by atoms with Gasteiger partial charge in [-0.15, -0.1) is 107 Å². The Bertz CT molecular complexity index is 6020. The molecule has 0 spiro atoms. The van der Waals surface area contributed by atoms with Crippen LogP contribution in [0.3, 0.4) is 0 Å². The molecule has 0 saturated carbocycles. The summed E-state index contributed by atoms with van der Waals surface area (Å²) in [6.07, 6.45) is 2.19. The van der Waals surface area contributed by atoms with Crippen molar-refractivity contribution >= 4 is 53.0 Å². The molecule has 0 fully saturated rings. The number of nitrogens with zero attached hydrogens (tertiary/aromatic N) is 6. The van der Waals surface area contributed by atoms with E-state index in [1.807, 2.05) is 30.5 Å². The molecule has 12 rings (SSSR count). The molecule has 471 valence electrons. The summed E-state index contributed by atoms with van der Waals surface area (Å²) >= 11 is -11.3. The number of rotatable bonds is 11. The molecule has 12 heteroatoms. The van der Waals surface area contributed by atoms with Crippen LogP contribution in [0, 0.1) is 42.3 Å². The van der Waals surface area contributed by atoms with E-state index in [1.54, 1.807) is 0 Å². The van der Waals surface area contributed by atoms with Gasteiger partial charge >= 0.3 is 358 Å². The van der Waals surface area contributed by atoms with Gasteiger partial charge < -0.3 is 15.0 Å². The number of pyridine rings is 6. The second-order valence-corrected chi connectivity index (χ2v) is 41.6. The molecule has 0 amide bonds. The zero-order chi connectivity index (χ0) is 104. The topological polar surface area (TPSA) is 77.3 Å². The van der Waals surface area contributed by atoms with Crippen LogP contribution in [-0.2, 0) is 66.7 Å². The van der Waals surface area contributed by atoms with Crippen molar-refractivity contribution in [1.29, 1.82) is 0 Å². The Kier molecular flexibility index (Phi) is 14.2. The summed E-state index contributed by atoms with van der Waals surface area (Å²) in [6.45, 7) is -1.64. The van der Waals surface area contributed by atoms with Gasteiger partial charge in [0.15, 0.2) is 0 Å². The molecule has 3 radical (unpaired) electrons. The second-order valence-electron chi connectivity index (χ2n) is 19.2. The average molecular weight is 1960 g/mol. The SMILES string of the molecule is [2H]c1[c-]c(-c2cc(CC([2H])(C)C([2H])([2H])[2H])[c]([Ge]([CH3])([C]([2H])([2H])[2H])[C]([2H])([2H])[2H])cn2)c([2H])c([2H])c1[2H].[2H]c1[c-]c(-c2cc[c]([Ge]([CH3])([C]([2H])([2H])[2H])[C]([2H])([2H])[2H])cn2)c([2H])c([2H])c1[2H].[2H]c1[c-]c(-c2nc([2H])c([2H])c([2H])c2[2H])c([2H])c([2H])c1[2H].[2H]c1[c-]c(-c2nc([2H])c([2H])c([2H])c2[2H])c([2H])c([2H])c1[2H].[2H]c1[c-]c(-c2nc([2H])c([2H])c([2H])c2[2H])c([2H])c([2H])c1[2H].[CH3][Ge]([CH3])([CH3])[c]1ccc(-c2[c-]cccc2)nc1.[Ir].[Ir].[Ir]. The van der Waals surface area contributed by atoms with Gasteiger partial charge in [0.25, 0.3) is 0 Å². The molecule has 6 heterocycles. The van der Waals surface area contributed by atoms with Crippen molar-refractivity contribution in [2.75, 3.05) is 0 Å². The van der Waals surface area contributed by atoms with Crippen molar-refractivity contribution in [2.45, 2.75) is 71.7 Å². The van der Waals surface area contributed by atoms with E-state index < -0.39 is 263 Å². The summed E-state index contributed by atoms with van der Waals surface area (Å²) < 4.78 is 371. The average Bonchev–Trinajstić information content (AvgIpc) is 0.724. The van der Waals surface area contributed by atoms with Gasteiger partial charge in [-0.1, -0.05) is 36.3 Å². The van der Waals surface area contributed by atoms with Crippen LogP contribution >= 0.6 is 0 Å². The number of benzene rings is 6. The third-order valence-electron chi connectivity index (χ3n) is 11.1. The maximum atomic E-state index is 8.37.